The second-order valence-corrected chi connectivity index (χ2v) is 7.51. The summed E-state index contributed by atoms with van der Waals surface area (Å²) in [5, 5.41) is 3.42. The number of rotatable bonds is 6. The van der Waals surface area contributed by atoms with Crippen molar-refractivity contribution in [3.8, 4) is 22.8 Å². The maximum absolute atomic E-state index is 5.97. The zero-order valence-electron chi connectivity index (χ0n) is 16.9. The van der Waals surface area contributed by atoms with E-state index in [4.69, 9.17) is 14.5 Å². The summed E-state index contributed by atoms with van der Waals surface area (Å²) in [6.07, 6.45) is 4.33. The van der Waals surface area contributed by atoms with E-state index in [1.165, 1.54) is 0 Å². The zero-order chi connectivity index (χ0) is 20.3. The number of anilines is 1. The lowest BCUT2D eigenvalue weighted by Gasteiger charge is -2.11. The molecule has 152 valence electrons. The second-order valence-electron chi connectivity index (χ2n) is 7.51. The molecule has 1 aliphatic rings. The molecule has 0 saturated carbocycles. The predicted octanol–water partition coefficient (Wildman–Crippen LogP) is 5.02. The summed E-state index contributed by atoms with van der Waals surface area (Å²) in [6.45, 7) is 1.63. The van der Waals surface area contributed by atoms with Crippen LogP contribution in [0.1, 0.15) is 12.8 Å². The average molecular weight is 400 g/mol. The normalized spacial score (nSPS) is 16.1. The zero-order valence-corrected chi connectivity index (χ0v) is 16.9. The van der Waals surface area contributed by atoms with Gasteiger partial charge in [-0.3, -0.25) is 4.98 Å². The van der Waals surface area contributed by atoms with Gasteiger partial charge in [0.15, 0.2) is 0 Å². The number of pyridine rings is 1. The number of para-hydroxylation sites is 1. The van der Waals surface area contributed by atoms with E-state index in [2.05, 4.69) is 20.9 Å². The van der Waals surface area contributed by atoms with E-state index in [0.29, 0.717) is 0 Å². The van der Waals surface area contributed by atoms with Gasteiger partial charge in [0, 0.05) is 25.8 Å². The van der Waals surface area contributed by atoms with Gasteiger partial charge in [0.1, 0.15) is 17.0 Å². The molecule has 4 aromatic rings. The van der Waals surface area contributed by atoms with Crippen LogP contribution in [0.25, 0.3) is 22.3 Å². The Balaban J connectivity index is 1.39. The second kappa shape index (κ2) is 8.16. The van der Waals surface area contributed by atoms with Crippen LogP contribution < -0.4 is 10.1 Å². The number of aromatic nitrogens is 3. The number of hydrogen-bond donors (Lipinski definition) is 1. The highest BCUT2D eigenvalue weighted by atomic mass is 16.5. The van der Waals surface area contributed by atoms with Crippen molar-refractivity contribution in [3.05, 3.63) is 66.9 Å². The molecule has 1 unspecified atom stereocenters. The Bertz CT molecular complexity index is 1150. The Morgan fingerprint density at radius 1 is 1.10 bits per heavy atom. The first-order valence-electron chi connectivity index (χ1n) is 10.3. The lowest BCUT2D eigenvalue weighted by atomic mass is 10.1. The molecular formula is C24H24N4O2. The van der Waals surface area contributed by atoms with E-state index in [9.17, 15) is 0 Å². The van der Waals surface area contributed by atoms with E-state index in [1.54, 1.807) is 0 Å². The lowest BCUT2D eigenvalue weighted by molar-refractivity contribution is 0.120. The fraction of sp³-hybridized carbons (Fsp3) is 0.250. The van der Waals surface area contributed by atoms with Crippen LogP contribution >= 0.6 is 0 Å². The van der Waals surface area contributed by atoms with Crippen LogP contribution in [0.15, 0.2) is 66.9 Å². The fourth-order valence-corrected chi connectivity index (χ4v) is 3.77. The van der Waals surface area contributed by atoms with Crippen molar-refractivity contribution in [1.29, 1.82) is 0 Å². The molecule has 0 amide bonds. The van der Waals surface area contributed by atoms with Gasteiger partial charge < -0.3 is 19.4 Å². The van der Waals surface area contributed by atoms with E-state index < -0.39 is 0 Å². The maximum atomic E-state index is 5.97. The molecular weight excluding hydrogens is 376 g/mol. The third-order valence-corrected chi connectivity index (χ3v) is 5.39. The molecule has 1 atom stereocenters. The number of hydrogen-bond acceptors (Lipinski definition) is 5. The van der Waals surface area contributed by atoms with Crippen molar-refractivity contribution >= 4 is 17.0 Å². The molecule has 6 nitrogen and oxygen atoms in total. The van der Waals surface area contributed by atoms with Gasteiger partial charge in [-0.15, -0.1) is 0 Å². The predicted molar refractivity (Wildman–Crippen MR) is 118 cm³/mol. The van der Waals surface area contributed by atoms with E-state index in [0.717, 1.165) is 65.7 Å². The van der Waals surface area contributed by atoms with Gasteiger partial charge in [-0.1, -0.05) is 30.3 Å². The maximum Gasteiger partial charge on any atom is 0.203 e. The largest absolute Gasteiger partial charge is 0.457 e. The molecule has 2 aromatic carbocycles. The number of nitrogens with one attached hydrogen (secondary N) is 1. The molecule has 0 radical (unpaired) electrons. The van der Waals surface area contributed by atoms with Gasteiger partial charge in [-0.05, 0) is 43.2 Å². The van der Waals surface area contributed by atoms with Crippen molar-refractivity contribution in [2.24, 2.45) is 7.05 Å². The van der Waals surface area contributed by atoms with Gasteiger partial charge in [-0.25, -0.2) is 4.98 Å². The van der Waals surface area contributed by atoms with E-state index >= 15 is 0 Å². The Morgan fingerprint density at radius 2 is 1.97 bits per heavy atom. The number of ether oxygens (including phenoxy) is 2. The highest BCUT2D eigenvalue weighted by molar-refractivity contribution is 5.82. The summed E-state index contributed by atoms with van der Waals surface area (Å²) in [5.41, 5.74) is 3.78. The molecule has 3 heterocycles. The quantitative estimate of drug-likeness (QED) is 0.492. The highest BCUT2D eigenvalue weighted by Crippen LogP contribution is 2.28. The molecule has 0 spiro atoms. The van der Waals surface area contributed by atoms with Crippen molar-refractivity contribution in [2.45, 2.75) is 18.9 Å². The van der Waals surface area contributed by atoms with Crippen LogP contribution in [0.5, 0.6) is 11.5 Å². The van der Waals surface area contributed by atoms with Gasteiger partial charge in [0.25, 0.3) is 0 Å². The van der Waals surface area contributed by atoms with Crippen LogP contribution in [0.2, 0.25) is 0 Å². The fourth-order valence-electron chi connectivity index (χ4n) is 3.77. The summed E-state index contributed by atoms with van der Waals surface area (Å²) < 4.78 is 13.7. The first-order chi connectivity index (χ1) is 14.8. The summed E-state index contributed by atoms with van der Waals surface area (Å²) in [7, 11) is 2.02. The molecule has 6 heteroatoms. The summed E-state index contributed by atoms with van der Waals surface area (Å²) in [6, 6.07) is 19.8. The SMILES string of the molecule is Cn1c(NCC2CCCO2)nc2cnc(-c3cccc(Oc4ccccc4)c3)cc21. The van der Waals surface area contributed by atoms with Gasteiger partial charge in [-0.2, -0.15) is 0 Å². The van der Waals surface area contributed by atoms with Gasteiger partial charge in [0.05, 0.1) is 23.5 Å². The summed E-state index contributed by atoms with van der Waals surface area (Å²) in [5.74, 6) is 2.43. The topological polar surface area (TPSA) is 61.2 Å². The highest BCUT2D eigenvalue weighted by Gasteiger charge is 2.17. The van der Waals surface area contributed by atoms with E-state index in [1.807, 2.05) is 67.8 Å². The van der Waals surface area contributed by atoms with Crippen molar-refractivity contribution < 1.29 is 9.47 Å². The number of imidazole rings is 1. The molecule has 1 aliphatic heterocycles. The number of fused-ring (bicyclic) bond motifs is 1. The molecule has 30 heavy (non-hydrogen) atoms. The Labute approximate surface area is 175 Å². The first-order valence-corrected chi connectivity index (χ1v) is 10.3. The lowest BCUT2D eigenvalue weighted by Crippen LogP contribution is -2.20. The molecule has 0 aliphatic carbocycles. The molecule has 1 fully saturated rings. The smallest absolute Gasteiger partial charge is 0.203 e. The summed E-state index contributed by atoms with van der Waals surface area (Å²) >= 11 is 0. The minimum Gasteiger partial charge on any atom is -0.457 e. The number of benzene rings is 2. The van der Waals surface area contributed by atoms with Crippen LogP contribution in [-0.4, -0.2) is 33.8 Å². The van der Waals surface area contributed by atoms with Gasteiger partial charge >= 0.3 is 0 Å². The average Bonchev–Trinajstić information content (AvgIpc) is 3.41. The molecule has 2 aromatic heterocycles. The molecule has 5 rings (SSSR count). The Morgan fingerprint density at radius 3 is 2.80 bits per heavy atom. The monoisotopic (exact) mass is 400 g/mol. The standard InChI is InChI=1S/C24H24N4O2/c1-28-23-14-21(17-7-5-10-19(13-17)30-18-8-3-2-4-9-18)25-16-22(23)27-24(28)26-15-20-11-6-12-29-20/h2-5,7-10,13-14,16,20H,6,11-12,15H2,1H3,(H,26,27). The van der Waals surface area contributed by atoms with Crippen molar-refractivity contribution in [3.63, 3.8) is 0 Å². The van der Waals surface area contributed by atoms with Crippen LogP contribution in [0, 0.1) is 0 Å². The Hall–Kier alpha value is -3.38. The van der Waals surface area contributed by atoms with Crippen molar-refractivity contribution in [2.75, 3.05) is 18.5 Å². The first kappa shape index (κ1) is 18.6. The van der Waals surface area contributed by atoms with Gasteiger partial charge in [0.2, 0.25) is 5.95 Å². The van der Waals surface area contributed by atoms with Crippen molar-refractivity contribution in [1.82, 2.24) is 14.5 Å². The third kappa shape index (κ3) is 3.86. The minimum absolute atomic E-state index is 0.269. The van der Waals surface area contributed by atoms with Crippen LogP contribution in [0.4, 0.5) is 5.95 Å². The summed E-state index contributed by atoms with van der Waals surface area (Å²) in [4.78, 5) is 9.32. The van der Waals surface area contributed by atoms with Crippen LogP contribution in [-0.2, 0) is 11.8 Å². The van der Waals surface area contributed by atoms with E-state index in [-0.39, 0.29) is 6.10 Å². The Kier molecular flexibility index (Phi) is 5.07. The minimum atomic E-state index is 0.269. The third-order valence-electron chi connectivity index (χ3n) is 5.39. The molecule has 1 N–H and O–H groups in total. The van der Waals surface area contributed by atoms with Crippen LogP contribution in [0.3, 0.4) is 0 Å². The molecule has 0 bridgehead atoms. The number of nitrogens with zero attached hydrogens (tertiary/aromatic N) is 3. The molecule has 1 saturated heterocycles. The number of aryl methyl sites for hydroxylation is 1.